The number of allylic oxidation sites excluding steroid dienone is 1. The number of anilines is 1. The maximum atomic E-state index is 13.6. The van der Waals surface area contributed by atoms with Crippen LogP contribution < -0.4 is 5.32 Å². The molecule has 0 saturated heterocycles. The zero-order valence-electron chi connectivity index (χ0n) is 17.2. The summed E-state index contributed by atoms with van der Waals surface area (Å²) in [7, 11) is 0. The molecule has 3 heterocycles. The molecular formula is C24H25FN4O2. The molecule has 2 N–H and O–H groups in total. The summed E-state index contributed by atoms with van der Waals surface area (Å²) >= 11 is 0. The number of carboxylic acid groups (broad SMARTS) is 1. The first-order valence-corrected chi connectivity index (χ1v) is 10.5. The summed E-state index contributed by atoms with van der Waals surface area (Å²) in [6.45, 7) is 1.33. The normalized spacial score (nSPS) is 14.2. The van der Waals surface area contributed by atoms with Crippen LogP contribution in [0, 0.1) is 5.82 Å². The van der Waals surface area contributed by atoms with E-state index in [0.29, 0.717) is 18.5 Å². The van der Waals surface area contributed by atoms with Crippen LogP contribution in [0.5, 0.6) is 0 Å². The molecule has 1 aliphatic heterocycles. The van der Waals surface area contributed by atoms with E-state index in [2.05, 4.69) is 27.5 Å². The SMILES string of the molecule is O=C(O)CC(Cn1cc(/C=C/Cc2ccc3c(n2)NCCC3)cn1)c1cccc(F)c1. The lowest BCUT2D eigenvalue weighted by molar-refractivity contribution is -0.137. The van der Waals surface area contributed by atoms with Gasteiger partial charge in [0.15, 0.2) is 0 Å². The third-order valence-corrected chi connectivity index (χ3v) is 5.39. The van der Waals surface area contributed by atoms with Gasteiger partial charge in [-0.25, -0.2) is 9.37 Å². The zero-order valence-corrected chi connectivity index (χ0v) is 17.2. The van der Waals surface area contributed by atoms with Crippen LogP contribution in [0.25, 0.3) is 6.08 Å². The Morgan fingerprint density at radius 2 is 2.23 bits per heavy atom. The van der Waals surface area contributed by atoms with Gasteiger partial charge >= 0.3 is 5.97 Å². The summed E-state index contributed by atoms with van der Waals surface area (Å²) < 4.78 is 15.3. The summed E-state index contributed by atoms with van der Waals surface area (Å²) in [5.74, 6) is -0.666. The fraction of sp³-hybridized carbons (Fsp3) is 0.292. The van der Waals surface area contributed by atoms with Crippen molar-refractivity contribution in [3.8, 4) is 0 Å². The van der Waals surface area contributed by atoms with Gasteiger partial charge in [-0.15, -0.1) is 0 Å². The van der Waals surface area contributed by atoms with Crippen molar-refractivity contribution in [3.63, 3.8) is 0 Å². The van der Waals surface area contributed by atoms with Crippen molar-refractivity contribution in [2.45, 2.75) is 38.1 Å². The minimum Gasteiger partial charge on any atom is -0.481 e. The van der Waals surface area contributed by atoms with Crippen molar-refractivity contribution in [3.05, 3.63) is 83.1 Å². The van der Waals surface area contributed by atoms with Crippen molar-refractivity contribution in [1.82, 2.24) is 14.8 Å². The van der Waals surface area contributed by atoms with E-state index in [1.807, 2.05) is 18.3 Å². The molecule has 31 heavy (non-hydrogen) atoms. The molecule has 0 saturated carbocycles. The number of aryl methyl sites for hydroxylation is 1. The first kappa shape index (κ1) is 20.8. The standard InChI is InChI=1S/C24H25FN4O2/c25-21-7-2-5-19(12-21)20(13-23(30)31)16-29-15-17(14-27-29)4-1-8-22-10-9-18-6-3-11-26-24(18)28-22/h1-2,4-5,7,9-10,12,14-15,20H,3,6,8,11,13,16H2,(H,26,28)(H,30,31)/b4-1+. The van der Waals surface area contributed by atoms with Gasteiger partial charge in [-0.05, 0) is 42.2 Å². The Labute approximate surface area is 180 Å². The molecule has 3 aromatic rings. The summed E-state index contributed by atoms with van der Waals surface area (Å²) in [5, 5.41) is 16.9. The number of carbonyl (C=O) groups is 1. The van der Waals surface area contributed by atoms with E-state index in [1.165, 1.54) is 17.7 Å². The van der Waals surface area contributed by atoms with Gasteiger partial charge in [0.1, 0.15) is 11.6 Å². The van der Waals surface area contributed by atoms with Crippen molar-refractivity contribution >= 4 is 17.9 Å². The highest BCUT2D eigenvalue weighted by atomic mass is 19.1. The first-order chi connectivity index (χ1) is 15.1. The number of hydrogen-bond donors (Lipinski definition) is 2. The van der Waals surface area contributed by atoms with Crippen molar-refractivity contribution in [2.24, 2.45) is 0 Å². The van der Waals surface area contributed by atoms with Gasteiger partial charge in [0, 0.05) is 42.9 Å². The highest BCUT2D eigenvalue weighted by molar-refractivity contribution is 5.68. The van der Waals surface area contributed by atoms with Crippen LogP contribution in [-0.4, -0.2) is 32.4 Å². The number of pyridine rings is 1. The number of aromatic nitrogens is 3. The average molecular weight is 420 g/mol. The largest absolute Gasteiger partial charge is 0.481 e. The van der Waals surface area contributed by atoms with Crippen molar-refractivity contribution < 1.29 is 14.3 Å². The third kappa shape index (κ3) is 5.57. The van der Waals surface area contributed by atoms with Gasteiger partial charge in [-0.3, -0.25) is 9.48 Å². The molecule has 7 heteroatoms. The molecule has 0 radical (unpaired) electrons. The minimum absolute atomic E-state index is 0.0908. The molecule has 0 amide bonds. The van der Waals surface area contributed by atoms with Crippen LogP contribution in [0.15, 0.2) is 54.9 Å². The predicted octanol–water partition coefficient (Wildman–Crippen LogP) is 4.29. The molecule has 0 fully saturated rings. The molecule has 0 spiro atoms. The highest BCUT2D eigenvalue weighted by Gasteiger charge is 2.17. The summed E-state index contributed by atoms with van der Waals surface area (Å²) in [5.41, 5.74) is 3.85. The van der Waals surface area contributed by atoms with E-state index >= 15 is 0 Å². The second-order valence-corrected chi connectivity index (χ2v) is 7.79. The topological polar surface area (TPSA) is 80.0 Å². The Kier molecular flexibility index (Phi) is 6.40. The maximum absolute atomic E-state index is 13.6. The van der Waals surface area contributed by atoms with E-state index in [9.17, 15) is 14.3 Å². The number of hydrogen-bond acceptors (Lipinski definition) is 4. The Hall–Kier alpha value is -3.48. The van der Waals surface area contributed by atoms with Crippen LogP contribution in [0.3, 0.4) is 0 Å². The molecule has 4 rings (SSSR count). The monoisotopic (exact) mass is 420 g/mol. The number of halogens is 1. The number of carboxylic acids is 1. The number of fused-ring (bicyclic) bond motifs is 1. The quantitative estimate of drug-likeness (QED) is 0.568. The number of aliphatic carboxylic acids is 1. The number of nitrogens with zero attached hydrogens (tertiary/aromatic N) is 3. The van der Waals surface area contributed by atoms with E-state index in [0.717, 1.165) is 36.5 Å². The summed E-state index contributed by atoms with van der Waals surface area (Å²) in [6.07, 6.45) is 10.5. The maximum Gasteiger partial charge on any atom is 0.304 e. The zero-order chi connectivity index (χ0) is 21.6. The van der Waals surface area contributed by atoms with Crippen LogP contribution in [0.4, 0.5) is 10.2 Å². The van der Waals surface area contributed by atoms with Gasteiger partial charge < -0.3 is 10.4 Å². The van der Waals surface area contributed by atoms with Gasteiger partial charge in [0.05, 0.1) is 12.6 Å². The van der Waals surface area contributed by atoms with Gasteiger partial charge in [0.2, 0.25) is 0 Å². The molecule has 0 bridgehead atoms. The van der Waals surface area contributed by atoms with Crippen LogP contribution >= 0.6 is 0 Å². The third-order valence-electron chi connectivity index (χ3n) is 5.39. The van der Waals surface area contributed by atoms with Crippen LogP contribution in [0.2, 0.25) is 0 Å². The van der Waals surface area contributed by atoms with E-state index in [4.69, 9.17) is 0 Å². The van der Waals surface area contributed by atoms with E-state index in [1.54, 1.807) is 23.0 Å². The van der Waals surface area contributed by atoms with E-state index < -0.39 is 5.97 Å². The summed E-state index contributed by atoms with van der Waals surface area (Å²) in [4.78, 5) is 16.0. The highest BCUT2D eigenvalue weighted by Crippen LogP contribution is 2.23. The molecule has 2 aromatic heterocycles. The first-order valence-electron chi connectivity index (χ1n) is 10.5. The molecular weight excluding hydrogens is 395 g/mol. The molecule has 0 aliphatic carbocycles. The second kappa shape index (κ2) is 9.55. The number of nitrogens with one attached hydrogen (secondary N) is 1. The smallest absolute Gasteiger partial charge is 0.304 e. The van der Waals surface area contributed by atoms with Crippen LogP contribution in [-0.2, 0) is 24.2 Å². The van der Waals surface area contributed by atoms with Crippen molar-refractivity contribution in [2.75, 3.05) is 11.9 Å². The number of benzene rings is 1. The Balaban J connectivity index is 1.40. The molecule has 1 aromatic carbocycles. The molecule has 1 atom stereocenters. The van der Waals surface area contributed by atoms with Crippen molar-refractivity contribution in [1.29, 1.82) is 0 Å². The fourth-order valence-electron chi connectivity index (χ4n) is 3.85. The molecule has 1 aliphatic rings. The second-order valence-electron chi connectivity index (χ2n) is 7.79. The molecule has 160 valence electrons. The van der Waals surface area contributed by atoms with Gasteiger partial charge in [-0.2, -0.15) is 5.10 Å². The average Bonchev–Trinajstić information content (AvgIpc) is 3.20. The summed E-state index contributed by atoms with van der Waals surface area (Å²) in [6, 6.07) is 10.3. The van der Waals surface area contributed by atoms with Gasteiger partial charge in [0.25, 0.3) is 0 Å². The number of rotatable bonds is 8. The van der Waals surface area contributed by atoms with E-state index in [-0.39, 0.29) is 18.2 Å². The van der Waals surface area contributed by atoms with Gasteiger partial charge in [-0.1, -0.05) is 30.4 Å². The lowest BCUT2D eigenvalue weighted by Gasteiger charge is -2.17. The fourth-order valence-corrected chi connectivity index (χ4v) is 3.85. The Morgan fingerprint density at radius 1 is 1.32 bits per heavy atom. The minimum atomic E-state index is -0.923. The lowest BCUT2D eigenvalue weighted by Crippen LogP contribution is -2.14. The Morgan fingerprint density at radius 3 is 3.06 bits per heavy atom. The molecule has 1 unspecified atom stereocenters. The lowest BCUT2D eigenvalue weighted by atomic mass is 9.95. The molecule has 6 nitrogen and oxygen atoms in total. The Bertz CT molecular complexity index is 1090. The predicted molar refractivity (Wildman–Crippen MR) is 117 cm³/mol. The van der Waals surface area contributed by atoms with Crippen LogP contribution in [0.1, 0.15) is 41.1 Å².